The second-order valence-electron chi connectivity index (χ2n) is 5.03. The molecule has 1 aliphatic rings. The van der Waals surface area contributed by atoms with Gasteiger partial charge in [0.1, 0.15) is 0 Å². The molecule has 3 nitrogen and oxygen atoms in total. The molecule has 2 rings (SSSR count). The minimum Gasteiger partial charge on any atom is -0.374 e. The maximum absolute atomic E-state index is 5.97. The topological polar surface area (TPSA) is 24.5 Å². The molecule has 1 N–H and O–H groups in total. The maximum atomic E-state index is 5.97. The van der Waals surface area contributed by atoms with Crippen LogP contribution in [0.5, 0.6) is 0 Å². The molecule has 102 valence electrons. The van der Waals surface area contributed by atoms with E-state index in [0.29, 0.717) is 12.1 Å². The van der Waals surface area contributed by atoms with E-state index in [-0.39, 0.29) is 6.10 Å². The largest absolute Gasteiger partial charge is 0.374 e. The molecule has 1 aromatic rings. The van der Waals surface area contributed by atoms with Crippen LogP contribution >= 0.6 is 27.3 Å². The van der Waals surface area contributed by atoms with Crippen molar-refractivity contribution in [1.82, 2.24) is 10.2 Å². The number of nitrogens with zero attached hydrogens (tertiary/aromatic N) is 1. The highest BCUT2D eigenvalue weighted by molar-refractivity contribution is 9.10. The van der Waals surface area contributed by atoms with Crippen molar-refractivity contribution < 1.29 is 4.74 Å². The summed E-state index contributed by atoms with van der Waals surface area (Å²) in [6.45, 7) is 7.05. The first-order valence-electron chi connectivity index (χ1n) is 6.37. The van der Waals surface area contributed by atoms with Gasteiger partial charge in [-0.3, -0.25) is 4.90 Å². The van der Waals surface area contributed by atoms with Gasteiger partial charge in [-0.15, -0.1) is 11.3 Å². The van der Waals surface area contributed by atoms with Crippen LogP contribution in [0.15, 0.2) is 15.9 Å². The summed E-state index contributed by atoms with van der Waals surface area (Å²) in [4.78, 5) is 3.76. The molecule has 2 unspecified atom stereocenters. The minimum absolute atomic E-state index is 0.223. The molecule has 1 aromatic heterocycles. The molecule has 0 aliphatic carbocycles. The summed E-state index contributed by atoms with van der Waals surface area (Å²) < 4.78 is 7.17. The van der Waals surface area contributed by atoms with Crippen molar-refractivity contribution in [1.29, 1.82) is 0 Å². The molecule has 0 aromatic carbocycles. The lowest BCUT2D eigenvalue weighted by atomic mass is 10.1. The van der Waals surface area contributed by atoms with Crippen LogP contribution in [-0.2, 0) is 4.74 Å². The lowest BCUT2D eigenvalue weighted by molar-refractivity contribution is -0.0610. The quantitative estimate of drug-likeness (QED) is 0.917. The summed E-state index contributed by atoms with van der Waals surface area (Å²) in [7, 11) is 2.18. The Morgan fingerprint density at radius 1 is 1.61 bits per heavy atom. The third kappa shape index (κ3) is 3.33. The van der Waals surface area contributed by atoms with E-state index in [1.807, 2.05) is 0 Å². The van der Waals surface area contributed by atoms with Gasteiger partial charge in [-0.25, -0.2) is 0 Å². The van der Waals surface area contributed by atoms with Gasteiger partial charge in [0.05, 0.1) is 18.8 Å². The van der Waals surface area contributed by atoms with Gasteiger partial charge < -0.3 is 10.1 Å². The molecule has 0 amide bonds. The molecule has 0 saturated carbocycles. The van der Waals surface area contributed by atoms with Crippen molar-refractivity contribution in [2.24, 2.45) is 0 Å². The van der Waals surface area contributed by atoms with Crippen molar-refractivity contribution in [2.45, 2.75) is 32.0 Å². The molecular weight excluding hydrogens is 312 g/mol. The Balaban J connectivity index is 2.13. The van der Waals surface area contributed by atoms with Gasteiger partial charge in [0.25, 0.3) is 0 Å². The van der Waals surface area contributed by atoms with Crippen molar-refractivity contribution in [3.05, 3.63) is 20.8 Å². The predicted molar refractivity (Wildman–Crippen MR) is 80.3 cm³/mol. The van der Waals surface area contributed by atoms with Crippen LogP contribution in [0.4, 0.5) is 0 Å². The number of morpholine rings is 1. The number of halogens is 1. The van der Waals surface area contributed by atoms with Crippen LogP contribution in [0.1, 0.15) is 24.8 Å². The summed E-state index contributed by atoms with van der Waals surface area (Å²) in [5, 5.41) is 5.62. The smallest absolute Gasteiger partial charge is 0.0904 e. The number of rotatable bonds is 4. The zero-order valence-corrected chi connectivity index (χ0v) is 13.6. The Hall–Kier alpha value is 0.0600. The Kier molecular flexibility index (Phi) is 5.21. The predicted octanol–water partition coefficient (Wildman–Crippen LogP) is 2.88. The molecular formula is C13H21BrN2OS. The zero-order chi connectivity index (χ0) is 13.1. The molecule has 1 saturated heterocycles. The van der Waals surface area contributed by atoms with Crippen LogP contribution in [0, 0.1) is 0 Å². The zero-order valence-electron chi connectivity index (χ0n) is 11.1. The first-order chi connectivity index (χ1) is 8.59. The van der Waals surface area contributed by atoms with E-state index >= 15 is 0 Å². The molecule has 1 aliphatic heterocycles. The second-order valence-corrected chi connectivity index (χ2v) is 6.83. The standard InChI is InChI=1S/C13H21BrN2OS/c1-9(2)15-8-11-12(16(3)5-6-17-11)13-10(14)4-7-18-13/h4,7,9,11-12,15H,5-6,8H2,1-3H3. The van der Waals surface area contributed by atoms with E-state index in [1.165, 1.54) is 9.35 Å². The fourth-order valence-corrected chi connectivity index (χ4v) is 4.09. The van der Waals surface area contributed by atoms with E-state index in [2.05, 4.69) is 58.5 Å². The highest BCUT2D eigenvalue weighted by Crippen LogP contribution is 2.36. The number of ether oxygens (including phenoxy) is 1. The monoisotopic (exact) mass is 332 g/mol. The van der Waals surface area contributed by atoms with Gasteiger partial charge in [-0.05, 0) is 34.4 Å². The summed E-state index contributed by atoms with van der Waals surface area (Å²) in [6.07, 6.45) is 0.223. The fourth-order valence-electron chi connectivity index (χ4n) is 2.27. The summed E-state index contributed by atoms with van der Waals surface area (Å²) in [6, 6.07) is 2.96. The van der Waals surface area contributed by atoms with Gasteiger partial charge in [0, 0.05) is 28.5 Å². The molecule has 0 bridgehead atoms. The molecule has 5 heteroatoms. The van der Waals surface area contributed by atoms with Crippen LogP contribution < -0.4 is 5.32 Å². The molecule has 2 atom stereocenters. The average molecular weight is 333 g/mol. The third-order valence-corrected chi connectivity index (χ3v) is 5.19. The minimum atomic E-state index is 0.223. The first kappa shape index (κ1) is 14.5. The van der Waals surface area contributed by atoms with Gasteiger partial charge in [0.15, 0.2) is 0 Å². The van der Waals surface area contributed by atoms with Gasteiger partial charge in [-0.1, -0.05) is 13.8 Å². The number of likely N-dealkylation sites (N-methyl/N-ethyl adjacent to an activating group) is 1. The van der Waals surface area contributed by atoms with Gasteiger partial charge in [0.2, 0.25) is 0 Å². The van der Waals surface area contributed by atoms with Crippen LogP contribution in [0.2, 0.25) is 0 Å². The van der Waals surface area contributed by atoms with Crippen LogP contribution in [0.25, 0.3) is 0 Å². The highest BCUT2D eigenvalue weighted by Gasteiger charge is 2.33. The van der Waals surface area contributed by atoms with E-state index in [0.717, 1.165) is 19.7 Å². The summed E-state index contributed by atoms with van der Waals surface area (Å²) in [5.74, 6) is 0. The molecule has 2 heterocycles. The number of hydrogen-bond acceptors (Lipinski definition) is 4. The van der Waals surface area contributed by atoms with Crippen LogP contribution in [-0.4, -0.2) is 43.8 Å². The molecule has 1 fully saturated rings. The lowest BCUT2D eigenvalue weighted by Crippen LogP contribution is -2.48. The summed E-state index contributed by atoms with van der Waals surface area (Å²) in [5.41, 5.74) is 0. The van der Waals surface area contributed by atoms with Crippen molar-refractivity contribution in [3.8, 4) is 0 Å². The third-order valence-electron chi connectivity index (χ3n) is 3.24. The molecule has 0 radical (unpaired) electrons. The Bertz CT molecular complexity index is 383. The number of thiophene rings is 1. The first-order valence-corrected chi connectivity index (χ1v) is 8.05. The average Bonchev–Trinajstić information content (AvgIpc) is 2.72. The normalized spacial score (nSPS) is 25.8. The maximum Gasteiger partial charge on any atom is 0.0904 e. The Morgan fingerprint density at radius 3 is 3.00 bits per heavy atom. The van der Waals surface area contributed by atoms with Crippen molar-refractivity contribution >= 4 is 27.3 Å². The van der Waals surface area contributed by atoms with Crippen molar-refractivity contribution in [2.75, 3.05) is 26.7 Å². The van der Waals surface area contributed by atoms with Crippen molar-refractivity contribution in [3.63, 3.8) is 0 Å². The van der Waals surface area contributed by atoms with E-state index in [4.69, 9.17) is 4.74 Å². The second kappa shape index (κ2) is 6.48. The molecule has 18 heavy (non-hydrogen) atoms. The van der Waals surface area contributed by atoms with Crippen LogP contribution in [0.3, 0.4) is 0 Å². The van der Waals surface area contributed by atoms with E-state index in [1.54, 1.807) is 11.3 Å². The fraction of sp³-hybridized carbons (Fsp3) is 0.692. The summed E-state index contributed by atoms with van der Waals surface area (Å²) >= 11 is 5.45. The Labute approximate surface area is 122 Å². The highest BCUT2D eigenvalue weighted by atomic mass is 79.9. The number of hydrogen-bond donors (Lipinski definition) is 1. The lowest BCUT2D eigenvalue weighted by Gasteiger charge is -2.39. The Morgan fingerprint density at radius 2 is 2.39 bits per heavy atom. The van der Waals surface area contributed by atoms with Gasteiger partial charge in [-0.2, -0.15) is 0 Å². The van der Waals surface area contributed by atoms with Gasteiger partial charge >= 0.3 is 0 Å². The molecule has 0 spiro atoms. The SMILES string of the molecule is CC(C)NCC1OCCN(C)C1c1sccc1Br. The number of nitrogens with one attached hydrogen (secondary N) is 1. The van der Waals surface area contributed by atoms with E-state index < -0.39 is 0 Å². The van der Waals surface area contributed by atoms with E-state index in [9.17, 15) is 0 Å².